The van der Waals surface area contributed by atoms with Gasteiger partial charge in [-0.05, 0) is 51.3 Å². The van der Waals surface area contributed by atoms with Crippen LogP contribution < -0.4 is 9.62 Å². The van der Waals surface area contributed by atoms with Gasteiger partial charge in [0.05, 0.1) is 11.9 Å². The average Bonchev–Trinajstić information content (AvgIpc) is 2.82. The summed E-state index contributed by atoms with van der Waals surface area (Å²) < 4.78 is 26.3. The lowest BCUT2D eigenvalue weighted by Crippen LogP contribution is -2.52. The van der Waals surface area contributed by atoms with Crippen molar-refractivity contribution in [3.63, 3.8) is 0 Å². The topological polar surface area (TPSA) is 86.8 Å². The van der Waals surface area contributed by atoms with Gasteiger partial charge >= 0.3 is 0 Å². The molecule has 7 nitrogen and oxygen atoms in total. The van der Waals surface area contributed by atoms with Crippen LogP contribution in [0.4, 0.5) is 5.69 Å². The van der Waals surface area contributed by atoms with Crippen LogP contribution in [0.5, 0.6) is 0 Å². The van der Waals surface area contributed by atoms with E-state index in [4.69, 9.17) is 0 Å². The smallest absolute Gasteiger partial charge is 0.244 e. The van der Waals surface area contributed by atoms with E-state index in [0.717, 1.165) is 52.9 Å². The Labute approximate surface area is 209 Å². The van der Waals surface area contributed by atoms with Gasteiger partial charge in [0.25, 0.3) is 0 Å². The lowest BCUT2D eigenvalue weighted by Gasteiger charge is -2.33. The molecule has 1 aliphatic rings. The quantitative estimate of drug-likeness (QED) is 0.566. The van der Waals surface area contributed by atoms with E-state index < -0.39 is 22.0 Å². The van der Waals surface area contributed by atoms with Crippen molar-refractivity contribution in [1.82, 2.24) is 10.2 Å². The van der Waals surface area contributed by atoms with Crippen LogP contribution in [0.15, 0.2) is 48.5 Å². The van der Waals surface area contributed by atoms with E-state index in [-0.39, 0.29) is 25.0 Å². The Balaban J connectivity index is 1.85. The molecule has 3 rings (SSSR count). The molecule has 2 aromatic rings. The van der Waals surface area contributed by atoms with Crippen LogP contribution in [0.3, 0.4) is 0 Å². The Morgan fingerprint density at radius 2 is 1.49 bits per heavy atom. The van der Waals surface area contributed by atoms with Crippen LogP contribution >= 0.6 is 0 Å². The van der Waals surface area contributed by atoms with E-state index in [1.807, 2.05) is 50.2 Å². The molecular weight excluding hydrogens is 462 g/mol. The third kappa shape index (κ3) is 7.56. The van der Waals surface area contributed by atoms with Crippen molar-refractivity contribution < 1.29 is 18.0 Å². The molecule has 35 heavy (non-hydrogen) atoms. The van der Waals surface area contributed by atoms with Crippen molar-refractivity contribution in [3.05, 3.63) is 65.2 Å². The summed E-state index contributed by atoms with van der Waals surface area (Å²) in [7, 11) is -3.72. The third-order valence-electron chi connectivity index (χ3n) is 6.59. The Hall–Kier alpha value is -2.87. The molecule has 0 aliphatic heterocycles. The second-order valence-electron chi connectivity index (χ2n) is 9.63. The van der Waals surface area contributed by atoms with Crippen LogP contribution in [0.25, 0.3) is 0 Å². The van der Waals surface area contributed by atoms with Gasteiger partial charge in [-0.2, -0.15) is 0 Å². The number of amides is 2. The van der Waals surface area contributed by atoms with Crippen LogP contribution in [0, 0.1) is 13.8 Å². The maximum Gasteiger partial charge on any atom is 0.244 e. The molecule has 1 fully saturated rings. The minimum Gasteiger partial charge on any atom is -0.352 e. The lowest BCUT2D eigenvalue weighted by molar-refractivity contribution is -0.139. The zero-order chi connectivity index (χ0) is 25.6. The molecule has 8 heteroatoms. The van der Waals surface area contributed by atoms with Gasteiger partial charge in [-0.1, -0.05) is 66.8 Å². The molecule has 0 bridgehead atoms. The molecule has 0 aromatic heterocycles. The van der Waals surface area contributed by atoms with Gasteiger partial charge in [-0.3, -0.25) is 13.9 Å². The molecule has 1 aliphatic carbocycles. The first-order chi connectivity index (χ1) is 16.5. The highest BCUT2D eigenvalue weighted by atomic mass is 32.2. The van der Waals surface area contributed by atoms with Gasteiger partial charge in [0.15, 0.2) is 0 Å². The van der Waals surface area contributed by atoms with Crippen molar-refractivity contribution in [1.29, 1.82) is 0 Å². The molecular formula is C27H37N3O4S. The number of sulfonamides is 1. The molecule has 0 spiro atoms. The predicted octanol–water partition coefficient (Wildman–Crippen LogP) is 3.94. The fraction of sp³-hybridized carbons (Fsp3) is 0.481. The van der Waals surface area contributed by atoms with Crippen molar-refractivity contribution in [3.8, 4) is 0 Å². The molecule has 1 N–H and O–H groups in total. The van der Waals surface area contributed by atoms with Gasteiger partial charge < -0.3 is 10.2 Å². The number of nitrogens with zero attached hydrogens (tertiary/aromatic N) is 2. The van der Waals surface area contributed by atoms with E-state index >= 15 is 0 Å². The second kappa shape index (κ2) is 11.7. The Kier molecular flexibility index (Phi) is 8.94. The lowest BCUT2D eigenvalue weighted by atomic mass is 9.95. The minimum absolute atomic E-state index is 0.120. The highest BCUT2D eigenvalue weighted by molar-refractivity contribution is 7.92. The number of carbonyl (C=O) groups is 2. The fourth-order valence-corrected chi connectivity index (χ4v) is 5.22. The fourth-order valence-electron chi connectivity index (χ4n) is 4.37. The molecule has 1 atom stereocenters. The van der Waals surface area contributed by atoms with Crippen molar-refractivity contribution in [2.24, 2.45) is 0 Å². The average molecular weight is 500 g/mol. The first kappa shape index (κ1) is 26.7. The van der Waals surface area contributed by atoms with E-state index in [1.165, 1.54) is 11.3 Å². The van der Waals surface area contributed by atoms with Crippen molar-refractivity contribution in [2.45, 2.75) is 71.5 Å². The maximum absolute atomic E-state index is 13.6. The Morgan fingerprint density at radius 1 is 0.943 bits per heavy atom. The van der Waals surface area contributed by atoms with Crippen LogP contribution in [0.2, 0.25) is 0 Å². The SMILES string of the molecule is Cc1ccc(CN(C(=O)CN(c2ccc(C)cc2)S(C)(=O)=O)C(C)C(=O)NC2CCCCC2)cc1. The molecule has 0 heterocycles. The standard InChI is InChI=1S/C27H37N3O4S/c1-20-10-14-23(15-11-20)18-29(22(3)27(32)28-24-8-6-5-7-9-24)26(31)19-30(35(4,33)34)25-16-12-21(2)13-17-25/h10-17,22,24H,5-9,18-19H2,1-4H3,(H,28,32). The van der Waals surface area contributed by atoms with Crippen LogP contribution in [-0.2, 0) is 26.2 Å². The summed E-state index contributed by atoms with van der Waals surface area (Å²) in [5, 5.41) is 3.11. The minimum atomic E-state index is -3.72. The van der Waals surface area contributed by atoms with Crippen molar-refractivity contribution >= 4 is 27.5 Å². The number of hydrogen-bond donors (Lipinski definition) is 1. The maximum atomic E-state index is 13.6. The Morgan fingerprint density at radius 3 is 2.03 bits per heavy atom. The number of anilines is 1. The van der Waals surface area contributed by atoms with Crippen molar-refractivity contribution in [2.75, 3.05) is 17.1 Å². The van der Waals surface area contributed by atoms with Gasteiger partial charge in [0.1, 0.15) is 12.6 Å². The zero-order valence-corrected chi connectivity index (χ0v) is 22.0. The van der Waals surface area contributed by atoms with E-state index in [0.29, 0.717) is 5.69 Å². The number of rotatable bonds is 9. The molecule has 1 saturated carbocycles. The predicted molar refractivity (Wildman–Crippen MR) is 140 cm³/mol. The monoisotopic (exact) mass is 499 g/mol. The number of hydrogen-bond acceptors (Lipinski definition) is 4. The van der Waals surface area contributed by atoms with Crippen LogP contribution in [0.1, 0.15) is 55.7 Å². The van der Waals surface area contributed by atoms with Crippen LogP contribution in [-0.4, -0.2) is 50.0 Å². The van der Waals surface area contributed by atoms with Gasteiger partial charge in [0.2, 0.25) is 21.8 Å². The zero-order valence-electron chi connectivity index (χ0n) is 21.2. The van der Waals surface area contributed by atoms with E-state index in [1.54, 1.807) is 19.1 Å². The normalized spacial score (nSPS) is 15.3. The van der Waals surface area contributed by atoms with E-state index in [2.05, 4.69) is 5.32 Å². The van der Waals surface area contributed by atoms with Gasteiger partial charge in [0, 0.05) is 12.6 Å². The molecule has 2 amide bonds. The molecule has 190 valence electrons. The summed E-state index contributed by atoms with van der Waals surface area (Å²) in [5.74, 6) is -0.638. The number of aryl methyl sites for hydroxylation is 2. The second-order valence-corrected chi connectivity index (χ2v) is 11.5. The first-order valence-corrected chi connectivity index (χ1v) is 14.1. The number of carbonyl (C=O) groups excluding carboxylic acids is 2. The number of benzene rings is 2. The first-order valence-electron chi connectivity index (χ1n) is 12.2. The van der Waals surface area contributed by atoms with Gasteiger partial charge in [-0.25, -0.2) is 8.42 Å². The summed E-state index contributed by atoms with van der Waals surface area (Å²) in [6.45, 7) is 5.44. The van der Waals surface area contributed by atoms with E-state index in [9.17, 15) is 18.0 Å². The highest BCUT2D eigenvalue weighted by Crippen LogP contribution is 2.21. The highest BCUT2D eigenvalue weighted by Gasteiger charge is 2.31. The molecule has 2 aromatic carbocycles. The molecule has 0 radical (unpaired) electrons. The molecule has 0 saturated heterocycles. The summed E-state index contributed by atoms with van der Waals surface area (Å²) in [6, 6.07) is 14.1. The third-order valence-corrected chi connectivity index (χ3v) is 7.73. The number of nitrogens with one attached hydrogen (secondary N) is 1. The Bertz CT molecular complexity index is 1110. The summed E-state index contributed by atoms with van der Waals surface area (Å²) >= 11 is 0. The summed E-state index contributed by atoms with van der Waals surface area (Å²) in [6.07, 6.45) is 6.33. The summed E-state index contributed by atoms with van der Waals surface area (Å²) in [4.78, 5) is 28.2. The summed E-state index contributed by atoms with van der Waals surface area (Å²) in [5.41, 5.74) is 3.38. The largest absolute Gasteiger partial charge is 0.352 e. The van der Waals surface area contributed by atoms with Gasteiger partial charge in [-0.15, -0.1) is 0 Å². The molecule has 1 unspecified atom stereocenters.